The van der Waals surface area contributed by atoms with E-state index in [4.69, 9.17) is 21.8 Å². The molecular formula is C14H16N2O3. The van der Waals surface area contributed by atoms with Crippen LogP contribution >= 0.6 is 0 Å². The number of carbonyl (C=O) groups excluding carboxylic acids is 1. The lowest BCUT2D eigenvalue weighted by Gasteiger charge is -2.02. The maximum absolute atomic E-state index is 11.3. The summed E-state index contributed by atoms with van der Waals surface area (Å²) in [6.07, 6.45) is 2.98. The number of hydrogen-bond acceptors (Lipinski definition) is 4. The minimum Gasteiger partial charge on any atom is -0.460 e. The molecule has 0 radical (unpaired) electrons. The highest BCUT2D eigenvalue weighted by Gasteiger charge is 1.97. The van der Waals surface area contributed by atoms with Crippen molar-refractivity contribution in [3.05, 3.63) is 47.3 Å². The molecule has 1 aromatic carbocycles. The van der Waals surface area contributed by atoms with Gasteiger partial charge in [0.25, 0.3) is 0 Å². The van der Waals surface area contributed by atoms with Crippen molar-refractivity contribution in [2.75, 3.05) is 26.4 Å². The first-order valence-electron chi connectivity index (χ1n) is 5.86. The molecule has 0 aliphatic heterocycles. The van der Waals surface area contributed by atoms with E-state index in [2.05, 4.69) is 4.85 Å². The second kappa shape index (κ2) is 8.86. The predicted molar refractivity (Wildman–Crippen MR) is 72.6 cm³/mol. The summed E-state index contributed by atoms with van der Waals surface area (Å²) in [4.78, 5) is 14.6. The number of nitrogens with zero attached hydrogens (tertiary/aromatic N) is 1. The molecule has 0 aliphatic rings. The monoisotopic (exact) mass is 260 g/mol. The molecule has 0 heterocycles. The van der Waals surface area contributed by atoms with Crippen molar-refractivity contribution >= 4 is 17.7 Å². The van der Waals surface area contributed by atoms with E-state index in [-0.39, 0.29) is 6.61 Å². The van der Waals surface area contributed by atoms with Gasteiger partial charge < -0.3 is 15.2 Å². The number of benzene rings is 1. The lowest BCUT2D eigenvalue weighted by Crippen LogP contribution is -2.13. The van der Waals surface area contributed by atoms with E-state index >= 15 is 0 Å². The standard InChI is InChI=1S/C14H16N2O3/c1-16-13-5-2-12(3-6-13)4-7-14(17)19-11-10-18-9-8-15/h2-7H,8-11,15H2/b7-4+. The van der Waals surface area contributed by atoms with Crippen LogP contribution in [0.25, 0.3) is 10.9 Å². The predicted octanol–water partition coefficient (Wildman–Crippen LogP) is 1.77. The van der Waals surface area contributed by atoms with E-state index < -0.39 is 5.97 Å². The Morgan fingerprint density at radius 3 is 2.63 bits per heavy atom. The molecule has 0 atom stereocenters. The average molecular weight is 260 g/mol. The van der Waals surface area contributed by atoms with Crippen LogP contribution in [-0.4, -0.2) is 32.3 Å². The molecule has 0 aliphatic carbocycles. The number of ether oxygens (including phenoxy) is 2. The lowest BCUT2D eigenvalue weighted by molar-refractivity contribution is -0.139. The van der Waals surface area contributed by atoms with Gasteiger partial charge in [0.05, 0.1) is 19.8 Å². The van der Waals surface area contributed by atoms with Gasteiger partial charge in [-0.1, -0.05) is 24.3 Å². The average Bonchev–Trinajstić information content (AvgIpc) is 2.45. The van der Waals surface area contributed by atoms with Gasteiger partial charge in [-0.05, 0) is 11.6 Å². The van der Waals surface area contributed by atoms with E-state index in [0.29, 0.717) is 25.4 Å². The fourth-order valence-electron chi connectivity index (χ4n) is 1.26. The molecule has 0 spiro atoms. The molecule has 5 nitrogen and oxygen atoms in total. The number of hydrogen-bond donors (Lipinski definition) is 1. The fourth-order valence-corrected chi connectivity index (χ4v) is 1.26. The van der Waals surface area contributed by atoms with Crippen LogP contribution in [0.4, 0.5) is 5.69 Å². The molecule has 0 saturated heterocycles. The van der Waals surface area contributed by atoms with Crippen molar-refractivity contribution in [3.63, 3.8) is 0 Å². The van der Waals surface area contributed by atoms with Crippen molar-refractivity contribution in [1.29, 1.82) is 0 Å². The van der Waals surface area contributed by atoms with Gasteiger partial charge in [0.15, 0.2) is 5.69 Å². The highest BCUT2D eigenvalue weighted by Crippen LogP contribution is 2.13. The van der Waals surface area contributed by atoms with Gasteiger partial charge in [0, 0.05) is 12.6 Å². The molecule has 19 heavy (non-hydrogen) atoms. The van der Waals surface area contributed by atoms with Crippen LogP contribution in [0, 0.1) is 6.57 Å². The van der Waals surface area contributed by atoms with E-state index in [1.165, 1.54) is 6.08 Å². The van der Waals surface area contributed by atoms with Crippen LogP contribution in [-0.2, 0) is 14.3 Å². The van der Waals surface area contributed by atoms with Gasteiger partial charge in [-0.25, -0.2) is 9.64 Å². The van der Waals surface area contributed by atoms with Gasteiger partial charge in [0.1, 0.15) is 6.61 Å². The van der Waals surface area contributed by atoms with E-state index in [9.17, 15) is 4.79 Å². The summed E-state index contributed by atoms with van der Waals surface area (Å²) in [7, 11) is 0. The smallest absolute Gasteiger partial charge is 0.330 e. The van der Waals surface area contributed by atoms with Crippen LogP contribution in [0.5, 0.6) is 0 Å². The van der Waals surface area contributed by atoms with Gasteiger partial charge >= 0.3 is 5.97 Å². The Hall–Kier alpha value is -2.16. The van der Waals surface area contributed by atoms with Gasteiger partial charge in [0.2, 0.25) is 0 Å². The zero-order valence-electron chi connectivity index (χ0n) is 10.5. The van der Waals surface area contributed by atoms with Crippen molar-refractivity contribution in [3.8, 4) is 0 Å². The third-order valence-corrected chi connectivity index (χ3v) is 2.17. The lowest BCUT2D eigenvalue weighted by atomic mass is 10.2. The molecule has 0 aromatic heterocycles. The minimum absolute atomic E-state index is 0.208. The van der Waals surface area contributed by atoms with Crippen LogP contribution < -0.4 is 5.73 Å². The van der Waals surface area contributed by atoms with Crippen LogP contribution in [0.2, 0.25) is 0 Å². The summed E-state index contributed by atoms with van der Waals surface area (Å²) in [5, 5.41) is 0. The highest BCUT2D eigenvalue weighted by molar-refractivity contribution is 5.87. The summed E-state index contributed by atoms with van der Waals surface area (Å²) in [6.45, 7) is 8.29. The maximum Gasteiger partial charge on any atom is 0.330 e. The van der Waals surface area contributed by atoms with Crippen molar-refractivity contribution in [1.82, 2.24) is 0 Å². The first-order valence-corrected chi connectivity index (χ1v) is 5.86. The van der Waals surface area contributed by atoms with Crippen LogP contribution in [0.1, 0.15) is 5.56 Å². The molecular weight excluding hydrogens is 244 g/mol. The number of esters is 1. The van der Waals surface area contributed by atoms with E-state index in [1.807, 2.05) is 0 Å². The Labute approximate surface area is 112 Å². The number of carbonyl (C=O) groups is 1. The molecule has 0 unspecified atom stereocenters. The first-order chi connectivity index (χ1) is 9.26. The summed E-state index contributed by atoms with van der Waals surface area (Å²) in [5.41, 5.74) is 6.64. The van der Waals surface area contributed by atoms with Gasteiger partial charge in [-0.15, -0.1) is 0 Å². The second-order valence-electron chi connectivity index (χ2n) is 3.61. The Morgan fingerprint density at radius 2 is 2.00 bits per heavy atom. The molecule has 100 valence electrons. The molecule has 0 bridgehead atoms. The molecule has 1 aromatic rings. The zero-order valence-corrected chi connectivity index (χ0v) is 10.5. The van der Waals surface area contributed by atoms with Gasteiger partial charge in [-0.3, -0.25) is 0 Å². The highest BCUT2D eigenvalue weighted by atomic mass is 16.6. The Kier molecular flexibility index (Phi) is 6.95. The summed E-state index contributed by atoms with van der Waals surface area (Å²) >= 11 is 0. The topological polar surface area (TPSA) is 65.9 Å². The second-order valence-corrected chi connectivity index (χ2v) is 3.61. The van der Waals surface area contributed by atoms with Gasteiger partial charge in [-0.2, -0.15) is 0 Å². The fraction of sp³-hybridized carbons (Fsp3) is 0.286. The summed E-state index contributed by atoms with van der Waals surface area (Å²) in [6, 6.07) is 6.92. The van der Waals surface area contributed by atoms with Crippen LogP contribution in [0.15, 0.2) is 30.3 Å². The Morgan fingerprint density at radius 1 is 1.26 bits per heavy atom. The van der Waals surface area contributed by atoms with Crippen molar-refractivity contribution in [2.45, 2.75) is 0 Å². The number of nitrogens with two attached hydrogens (primary N) is 1. The van der Waals surface area contributed by atoms with E-state index in [0.717, 1.165) is 5.56 Å². The molecule has 0 amide bonds. The molecule has 2 N–H and O–H groups in total. The normalized spacial score (nSPS) is 10.3. The maximum atomic E-state index is 11.3. The quantitative estimate of drug-likeness (QED) is 0.351. The molecule has 1 rings (SSSR count). The zero-order chi connectivity index (χ0) is 13.9. The molecule has 0 fully saturated rings. The van der Waals surface area contributed by atoms with Crippen LogP contribution in [0.3, 0.4) is 0 Å². The summed E-state index contributed by atoms with van der Waals surface area (Å²) in [5.74, 6) is -0.425. The number of rotatable bonds is 7. The largest absolute Gasteiger partial charge is 0.460 e. The SMILES string of the molecule is [C-]#[N+]c1ccc(/C=C/C(=O)OCCOCCN)cc1. The minimum atomic E-state index is -0.425. The van der Waals surface area contributed by atoms with E-state index in [1.54, 1.807) is 30.3 Å². The van der Waals surface area contributed by atoms with Crippen molar-refractivity contribution < 1.29 is 14.3 Å². The summed E-state index contributed by atoms with van der Waals surface area (Å²) < 4.78 is 9.98. The Balaban J connectivity index is 2.30. The first kappa shape index (κ1) is 14.9. The Bertz CT molecular complexity index is 461. The molecule has 0 saturated carbocycles. The third-order valence-electron chi connectivity index (χ3n) is 2.17. The third kappa shape index (κ3) is 6.36. The molecule has 5 heteroatoms. The van der Waals surface area contributed by atoms with Crippen molar-refractivity contribution in [2.24, 2.45) is 5.73 Å².